The van der Waals surface area contributed by atoms with Gasteiger partial charge in [0.1, 0.15) is 0 Å². The predicted octanol–water partition coefficient (Wildman–Crippen LogP) is 3.72. The maximum atomic E-state index is 13.3. The molecule has 1 aromatic heterocycles. The molecule has 2 aliphatic rings. The van der Waals surface area contributed by atoms with E-state index in [1.165, 1.54) is 0 Å². The van der Waals surface area contributed by atoms with E-state index in [1.807, 2.05) is 29.2 Å². The van der Waals surface area contributed by atoms with Crippen LogP contribution in [-0.4, -0.2) is 34.4 Å². The Bertz CT molecular complexity index is 803. The molecule has 0 unspecified atom stereocenters. The van der Waals surface area contributed by atoms with E-state index in [0.29, 0.717) is 17.5 Å². The number of halogens is 1. The lowest BCUT2D eigenvalue weighted by molar-refractivity contribution is 0.0621. The standard InChI is InChI=1S/C19H22ClN3O/c1-11-8-14(21)6-7-23(11)19(24)16-10-18(12-2-3-12)22-17-5-4-13(20)9-15(16)17/h4-5,9-12,14H,2-3,6-8,21H2,1H3/t11-,14+/m1/s1. The highest BCUT2D eigenvalue weighted by Gasteiger charge is 2.31. The molecule has 0 radical (unpaired) electrons. The first-order valence-corrected chi connectivity index (χ1v) is 9.07. The lowest BCUT2D eigenvalue weighted by Gasteiger charge is -2.36. The Kier molecular flexibility index (Phi) is 3.97. The summed E-state index contributed by atoms with van der Waals surface area (Å²) in [4.78, 5) is 20.0. The van der Waals surface area contributed by atoms with E-state index in [4.69, 9.17) is 22.3 Å². The molecule has 126 valence electrons. The van der Waals surface area contributed by atoms with Gasteiger partial charge in [-0.05, 0) is 56.9 Å². The fourth-order valence-corrected chi connectivity index (χ4v) is 3.82. The largest absolute Gasteiger partial charge is 0.336 e. The highest BCUT2D eigenvalue weighted by Crippen LogP contribution is 2.40. The second-order valence-electron chi connectivity index (χ2n) is 7.16. The molecule has 1 aromatic carbocycles. The van der Waals surface area contributed by atoms with Gasteiger partial charge in [0.15, 0.2) is 0 Å². The molecule has 2 atom stereocenters. The average Bonchev–Trinajstić information content (AvgIpc) is 3.38. The number of hydrogen-bond acceptors (Lipinski definition) is 3. The van der Waals surface area contributed by atoms with E-state index >= 15 is 0 Å². The summed E-state index contributed by atoms with van der Waals surface area (Å²) in [6.07, 6.45) is 4.03. The van der Waals surface area contributed by atoms with Gasteiger partial charge < -0.3 is 10.6 Å². The van der Waals surface area contributed by atoms with Gasteiger partial charge in [0.2, 0.25) is 0 Å². The summed E-state index contributed by atoms with van der Waals surface area (Å²) >= 11 is 6.17. The van der Waals surface area contributed by atoms with Crippen LogP contribution in [0.5, 0.6) is 0 Å². The first-order valence-electron chi connectivity index (χ1n) is 8.69. The molecule has 2 heterocycles. The number of carbonyl (C=O) groups is 1. The zero-order chi connectivity index (χ0) is 16.8. The van der Waals surface area contributed by atoms with Crippen LogP contribution in [-0.2, 0) is 0 Å². The maximum Gasteiger partial charge on any atom is 0.254 e. The topological polar surface area (TPSA) is 59.2 Å². The third-order valence-corrected chi connectivity index (χ3v) is 5.43. The average molecular weight is 344 g/mol. The summed E-state index contributed by atoms with van der Waals surface area (Å²) in [6.45, 7) is 2.79. The maximum absolute atomic E-state index is 13.3. The molecule has 4 nitrogen and oxygen atoms in total. The molecule has 0 spiro atoms. The summed E-state index contributed by atoms with van der Waals surface area (Å²) in [6, 6.07) is 7.94. The number of piperidine rings is 1. The summed E-state index contributed by atoms with van der Waals surface area (Å²) in [7, 11) is 0. The van der Waals surface area contributed by atoms with Crippen molar-refractivity contribution in [1.29, 1.82) is 0 Å². The number of likely N-dealkylation sites (tertiary alicyclic amines) is 1. The molecule has 4 rings (SSSR count). The quantitative estimate of drug-likeness (QED) is 0.904. The van der Waals surface area contributed by atoms with Crippen LogP contribution in [0.4, 0.5) is 0 Å². The van der Waals surface area contributed by atoms with Crippen molar-refractivity contribution in [3.63, 3.8) is 0 Å². The van der Waals surface area contributed by atoms with Crippen molar-refractivity contribution in [2.75, 3.05) is 6.54 Å². The molecule has 2 aromatic rings. The number of nitrogens with zero attached hydrogens (tertiary/aromatic N) is 2. The molecule has 1 aliphatic carbocycles. The van der Waals surface area contributed by atoms with Crippen LogP contribution in [0.2, 0.25) is 5.02 Å². The van der Waals surface area contributed by atoms with Crippen molar-refractivity contribution < 1.29 is 4.79 Å². The minimum atomic E-state index is 0.0750. The number of fused-ring (bicyclic) bond motifs is 1. The molecule has 2 N–H and O–H groups in total. The van der Waals surface area contributed by atoms with Gasteiger partial charge in [-0.25, -0.2) is 0 Å². The lowest BCUT2D eigenvalue weighted by atomic mass is 9.97. The lowest BCUT2D eigenvalue weighted by Crippen LogP contribution is -2.48. The number of hydrogen-bond donors (Lipinski definition) is 1. The summed E-state index contributed by atoms with van der Waals surface area (Å²) in [5.41, 5.74) is 8.66. The van der Waals surface area contributed by atoms with E-state index < -0.39 is 0 Å². The van der Waals surface area contributed by atoms with Crippen LogP contribution >= 0.6 is 11.6 Å². The fourth-order valence-electron chi connectivity index (χ4n) is 3.65. The van der Waals surface area contributed by atoms with Gasteiger partial charge >= 0.3 is 0 Å². The number of amides is 1. The van der Waals surface area contributed by atoms with E-state index in [9.17, 15) is 4.79 Å². The summed E-state index contributed by atoms with van der Waals surface area (Å²) < 4.78 is 0. The summed E-state index contributed by atoms with van der Waals surface area (Å²) in [5.74, 6) is 0.579. The molecule has 1 saturated heterocycles. The zero-order valence-corrected chi connectivity index (χ0v) is 14.6. The van der Waals surface area contributed by atoms with Crippen molar-refractivity contribution in [2.24, 2.45) is 5.73 Å². The van der Waals surface area contributed by atoms with Crippen LogP contribution in [0.25, 0.3) is 10.9 Å². The number of pyridine rings is 1. The number of carbonyl (C=O) groups excluding carboxylic acids is 1. The molecule has 1 aliphatic heterocycles. The van der Waals surface area contributed by atoms with E-state index in [0.717, 1.165) is 47.8 Å². The van der Waals surface area contributed by atoms with Crippen molar-refractivity contribution >= 4 is 28.4 Å². The zero-order valence-electron chi connectivity index (χ0n) is 13.8. The molecule has 1 saturated carbocycles. The van der Waals surface area contributed by atoms with Gasteiger partial charge in [-0.3, -0.25) is 9.78 Å². The normalized spacial score (nSPS) is 24.4. The first-order chi connectivity index (χ1) is 11.5. The molecule has 2 fully saturated rings. The van der Waals surface area contributed by atoms with Crippen LogP contribution in [0.3, 0.4) is 0 Å². The van der Waals surface area contributed by atoms with Crippen molar-refractivity contribution in [3.8, 4) is 0 Å². The second kappa shape index (κ2) is 6.01. The number of benzene rings is 1. The Morgan fingerprint density at radius 3 is 2.79 bits per heavy atom. The van der Waals surface area contributed by atoms with E-state index in [1.54, 1.807) is 0 Å². The van der Waals surface area contributed by atoms with Crippen LogP contribution in [0.15, 0.2) is 24.3 Å². The summed E-state index contributed by atoms with van der Waals surface area (Å²) in [5, 5.41) is 1.48. The fraction of sp³-hybridized carbons (Fsp3) is 0.474. The van der Waals surface area contributed by atoms with Crippen molar-refractivity contribution in [2.45, 2.75) is 50.6 Å². The van der Waals surface area contributed by atoms with Gasteiger partial charge in [-0.2, -0.15) is 0 Å². The molecule has 5 heteroatoms. The molecular weight excluding hydrogens is 322 g/mol. The minimum Gasteiger partial charge on any atom is -0.336 e. The third kappa shape index (κ3) is 2.89. The second-order valence-corrected chi connectivity index (χ2v) is 7.60. The third-order valence-electron chi connectivity index (χ3n) is 5.19. The van der Waals surface area contributed by atoms with Crippen LogP contribution < -0.4 is 5.73 Å². The van der Waals surface area contributed by atoms with Crippen LogP contribution in [0.1, 0.15) is 54.6 Å². The molecule has 0 bridgehead atoms. The van der Waals surface area contributed by atoms with Gasteiger partial charge in [0.05, 0.1) is 11.1 Å². The predicted molar refractivity (Wildman–Crippen MR) is 96.4 cm³/mol. The number of nitrogens with two attached hydrogens (primary N) is 1. The molecular formula is C19H22ClN3O. The SMILES string of the molecule is C[C@@H]1C[C@@H](N)CCN1C(=O)c1cc(C2CC2)nc2ccc(Cl)cc12. The smallest absolute Gasteiger partial charge is 0.254 e. The Balaban J connectivity index is 1.79. The van der Waals surface area contributed by atoms with Gasteiger partial charge in [0, 0.05) is 40.6 Å². The number of aromatic nitrogens is 1. The Morgan fingerprint density at radius 1 is 1.29 bits per heavy atom. The van der Waals surface area contributed by atoms with E-state index in [2.05, 4.69) is 6.92 Å². The Morgan fingerprint density at radius 2 is 2.08 bits per heavy atom. The minimum absolute atomic E-state index is 0.0750. The van der Waals surface area contributed by atoms with Crippen molar-refractivity contribution in [3.05, 3.63) is 40.5 Å². The van der Waals surface area contributed by atoms with Gasteiger partial charge in [0.25, 0.3) is 5.91 Å². The van der Waals surface area contributed by atoms with Crippen molar-refractivity contribution in [1.82, 2.24) is 9.88 Å². The molecule has 24 heavy (non-hydrogen) atoms. The number of rotatable bonds is 2. The molecule has 1 amide bonds. The Labute approximate surface area is 147 Å². The highest BCUT2D eigenvalue weighted by atomic mass is 35.5. The van der Waals surface area contributed by atoms with E-state index in [-0.39, 0.29) is 18.0 Å². The highest BCUT2D eigenvalue weighted by molar-refractivity contribution is 6.31. The Hall–Kier alpha value is -1.65. The van der Waals surface area contributed by atoms with Gasteiger partial charge in [-0.1, -0.05) is 11.6 Å². The monoisotopic (exact) mass is 343 g/mol. The first kappa shape index (κ1) is 15.9. The van der Waals surface area contributed by atoms with Crippen LogP contribution in [0, 0.1) is 0 Å². The van der Waals surface area contributed by atoms with Gasteiger partial charge in [-0.15, -0.1) is 0 Å².